The van der Waals surface area contributed by atoms with Gasteiger partial charge >= 0.3 is 0 Å². The number of nitrogens with zero attached hydrogens (tertiary/aromatic N) is 3. The molecule has 0 N–H and O–H groups in total. The SMILES string of the molecule is O=[N+]([O-])c1ccc(N2CCN3CCOC[C@@H]3C2)cc1. The van der Waals surface area contributed by atoms with Crippen LogP contribution in [0.3, 0.4) is 0 Å². The largest absolute Gasteiger partial charge is 0.378 e. The zero-order valence-corrected chi connectivity index (χ0v) is 10.7. The lowest BCUT2D eigenvalue weighted by atomic mass is 10.1. The van der Waals surface area contributed by atoms with Crippen molar-refractivity contribution >= 4 is 11.4 Å². The first-order valence-corrected chi connectivity index (χ1v) is 6.55. The molecular weight excluding hydrogens is 246 g/mol. The van der Waals surface area contributed by atoms with Gasteiger partial charge in [0.1, 0.15) is 0 Å². The van der Waals surface area contributed by atoms with E-state index >= 15 is 0 Å². The van der Waals surface area contributed by atoms with Crippen LogP contribution in [-0.2, 0) is 4.74 Å². The molecule has 2 aliphatic rings. The molecule has 0 bridgehead atoms. The van der Waals surface area contributed by atoms with Crippen molar-refractivity contribution in [3.63, 3.8) is 0 Å². The number of benzene rings is 1. The van der Waals surface area contributed by atoms with Crippen molar-refractivity contribution in [2.75, 3.05) is 44.3 Å². The smallest absolute Gasteiger partial charge is 0.269 e. The summed E-state index contributed by atoms with van der Waals surface area (Å²) in [6, 6.07) is 7.24. The Morgan fingerprint density at radius 1 is 1.21 bits per heavy atom. The summed E-state index contributed by atoms with van der Waals surface area (Å²) in [6.45, 7) is 5.55. The average Bonchev–Trinajstić information content (AvgIpc) is 2.47. The van der Waals surface area contributed by atoms with Crippen LogP contribution in [0.2, 0.25) is 0 Å². The summed E-state index contributed by atoms with van der Waals surface area (Å²) in [5.74, 6) is 0. The first kappa shape index (κ1) is 12.4. The summed E-state index contributed by atoms with van der Waals surface area (Å²) < 4.78 is 5.52. The van der Waals surface area contributed by atoms with Gasteiger partial charge in [0, 0.05) is 44.0 Å². The summed E-state index contributed by atoms with van der Waals surface area (Å²) in [5, 5.41) is 10.6. The van der Waals surface area contributed by atoms with Gasteiger partial charge in [-0.2, -0.15) is 0 Å². The van der Waals surface area contributed by atoms with Gasteiger partial charge in [0.15, 0.2) is 0 Å². The van der Waals surface area contributed by atoms with Gasteiger partial charge in [-0.25, -0.2) is 0 Å². The molecule has 2 fully saturated rings. The molecule has 0 unspecified atom stereocenters. The van der Waals surface area contributed by atoms with Crippen molar-refractivity contribution in [2.45, 2.75) is 6.04 Å². The molecule has 3 rings (SSSR count). The highest BCUT2D eigenvalue weighted by Crippen LogP contribution is 2.23. The number of non-ortho nitro benzene ring substituents is 1. The molecule has 2 saturated heterocycles. The molecule has 102 valence electrons. The maximum Gasteiger partial charge on any atom is 0.269 e. The van der Waals surface area contributed by atoms with Crippen molar-refractivity contribution in [3.05, 3.63) is 34.4 Å². The van der Waals surface area contributed by atoms with Crippen LogP contribution in [0.1, 0.15) is 0 Å². The molecule has 19 heavy (non-hydrogen) atoms. The lowest BCUT2D eigenvalue weighted by molar-refractivity contribution is -0.384. The van der Waals surface area contributed by atoms with Gasteiger partial charge < -0.3 is 9.64 Å². The van der Waals surface area contributed by atoms with E-state index in [-0.39, 0.29) is 10.6 Å². The van der Waals surface area contributed by atoms with Gasteiger partial charge in [0.05, 0.1) is 24.2 Å². The molecule has 2 aliphatic heterocycles. The van der Waals surface area contributed by atoms with Crippen LogP contribution in [0.25, 0.3) is 0 Å². The van der Waals surface area contributed by atoms with Crippen molar-refractivity contribution in [1.29, 1.82) is 0 Å². The first-order valence-electron chi connectivity index (χ1n) is 6.55. The fourth-order valence-electron chi connectivity index (χ4n) is 2.77. The molecule has 0 aromatic heterocycles. The molecule has 2 heterocycles. The van der Waals surface area contributed by atoms with Crippen LogP contribution in [0.5, 0.6) is 0 Å². The number of morpholine rings is 1. The molecular formula is C13H17N3O3. The molecule has 6 heteroatoms. The number of hydrogen-bond donors (Lipinski definition) is 0. The summed E-state index contributed by atoms with van der Waals surface area (Å²) in [6.07, 6.45) is 0. The Labute approximate surface area is 111 Å². The van der Waals surface area contributed by atoms with Gasteiger partial charge in [-0.15, -0.1) is 0 Å². The fourth-order valence-corrected chi connectivity index (χ4v) is 2.77. The molecule has 0 amide bonds. The lowest BCUT2D eigenvalue weighted by Crippen LogP contribution is -2.58. The molecule has 0 spiro atoms. The number of rotatable bonds is 2. The van der Waals surface area contributed by atoms with Gasteiger partial charge in [-0.1, -0.05) is 0 Å². The third-order valence-corrected chi connectivity index (χ3v) is 3.86. The normalized spacial score (nSPS) is 24.0. The predicted octanol–water partition coefficient (Wildman–Crippen LogP) is 1.12. The van der Waals surface area contributed by atoms with E-state index in [0.717, 1.165) is 45.1 Å². The van der Waals surface area contributed by atoms with Crippen LogP contribution in [-0.4, -0.2) is 55.3 Å². The quantitative estimate of drug-likeness (QED) is 0.591. The minimum Gasteiger partial charge on any atom is -0.378 e. The highest BCUT2D eigenvalue weighted by molar-refractivity contribution is 5.51. The zero-order valence-electron chi connectivity index (χ0n) is 10.7. The van der Waals surface area contributed by atoms with E-state index in [2.05, 4.69) is 9.80 Å². The molecule has 0 aliphatic carbocycles. The van der Waals surface area contributed by atoms with E-state index in [1.807, 2.05) is 12.1 Å². The Morgan fingerprint density at radius 2 is 2.00 bits per heavy atom. The molecule has 1 aromatic carbocycles. The second-order valence-corrected chi connectivity index (χ2v) is 4.98. The Balaban J connectivity index is 1.70. The predicted molar refractivity (Wildman–Crippen MR) is 71.5 cm³/mol. The monoisotopic (exact) mass is 263 g/mol. The molecule has 0 radical (unpaired) electrons. The number of nitro benzene ring substituents is 1. The van der Waals surface area contributed by atoms with Crippen LogP contribution in [0.15, 0.2) is 24.3 Å². The lowest BCUT2D eigenvalue weighted by Gasteiger charge is -2.44. The maximum absolute atomic E-state index is 10.6. The summed E-state index contributed by atoms with van der Waals surface area (Å²) in [4.78, 5) is 15.0. The Morgan fingerprint density at radius 3 is 2.74 bits per heavy atom. The standard InChI is InChI=1S/C13H17N3O3/c17-16(18)12-3-1-11(2-4-12)15-6-5-14-7-8-19-10-13(14)9-15/h1-4,13H,5-10H2/t13-/m0/s1. The van der Waals surface area contributed by atoms with Crippen LogP contribution in [0, 0.1) is 10.1 Å². The number of anilines is 1. The molecule has 1 atom stereocenters. The third-order valence-electron chi connectivity index (χ3n) is 3.86. The minimum absolute atomic E-state index is 0.142. The topological polar surface area (TPSA) is 58.9 Å². The first-order chi connectivity index (χ1) is 9.24. The van der Waals surface area contributed by atoms with E-state index < -0.39 is 0 Å². The highest BCUT2D eigenvalue weighted by Gasteiger charge is 2.29. The van der Waals surface area contributed by atoms with Gasteiger partial charge in [0.2, 0.25) is 0 Å². The number of hydrogen-bond acceptors (Lipinski definition) is 5. The van der Waals surface area contributed by atoms with Gasteiger partial charge in [-0.3, -0.25) is 15.0 Å². The summed E-state index contributed by atoms with van der Waals surface area (Å²) >= 11 is 0. The third kappa shape index (κ3) is 2.54. The second-order valence-electron chi connectivity index (χ2n) is 4.98. The van der Waals surface area contributed by atoms with Crippen LogP contribution < -0.4 is 4.90 Å². The molecule has 1 aromatic rings. The van der Waals surface area contributed by atoms with E-state index in [1.54, 1.807) is 12.1 Å². The maximum atomic E-state index is 10.6. The fraction of sp³-hybridized carbons (Fsp3) is 0.538. The number of ether oxygens (including phenoxy) is 1. The van der Waals surface area contributed by atoms with Crippen LogP contribution >= 0.6 is 0 Å². The molecule has 6 nitrogen and oxygen atoms in total. The van der Waals surface area contributed by atoms with Gasteiger partial charge in [-0.05, 0) is 12.1 Å². The van der Waals surface area contributed by atoms with E-state index in [9.17, 15) is 10.1 Å². The minimum atomic E-state index is -0.364. The van der Waals surface area contributed by atoms with E-state index in [1.165, 1.54) is 0 Å². The summed E-state index contributed by atoms with van der Waals surface area (Å²) in [7, 11) is 0. The average molecular weight is 263 g/mol. The Kier molecular flexibility index (Phi) is 3.35. The zero-order chi connectivity index (χ0) is 13.2. The van der Waals surface area contributed by atoms with Crippen LogP contribution in [0.4, 0.5) is 11.4 Å². The molecule has 0 saturated carbocycles. The van der Waals surface area contributed by atoms with Gasteiger partial charge in [0.25, 0.3) is 5.69 Å². The van der Waals surface area contributed by atoms with Crippen molar-refractivity contribution in [3.8, 4) is 0 Å². The number of nitro groups is 1. The van der Waals surface area contributed by atoms with Crippen molar-refractivity contribution in [2.24, 2.45) is 0 Å². The Hall–Kier alpha value is -1.66. The second kappa shape index (κ2) is 5.14. The Bertz CT molecular complexity index is 463. The summed E-state index contributed by atoms with van der Waals surface area (Å²) in [5.41, 5.74) is 1.19. The highest BCUT2D eigenvalue weighted by atomic mass is 16.6. The van der Waals surface area contributed by atoms with Crippen molar-refractivity contribution < 1.29 is 9.66 Å². The van der Waals surface area contributed by atoms with E-state index in [0.29, 0.717) is 6.04 Å². The van der Waals surface area contributed by atoms with Crippen molar-refractivity contribution in [1.82, 2.24) is 4.90 Å². The number of fused-ring (bicyclic) bond motifs is 1. The number of piperazine rings is 1. The van der Waals surface area contributed by atoms with E-state index in [4.69, 9.17) is 4.74 Å².